The molecule has 0 radical (unpaired) electrons. The molecule has 0 N–H and O–H groups in total. The van der Waals surface area contributed by atoms with Gasteiger partial charge in [0, 0.05) is 24.6 Å². The van der Waals surface area contributed by atoms with Gasteiger partial charge in [-0.15, -0.1) is 0 Å². The zero-order valence-electron chi connectivity index (χ0n) is 16.9. The van der Waals surface area contributed by atoms with Gasteiger partial charge >= 0.3 is 0 Å². The largest absolute Gasteiger partial charge is 0.295 e. The van der Waals surface area contributed by atoms with Crippen LogP contribution < -0.4 is 0 Å². The van der Waals surface area contributed by atoms with E-state index in [1.54, 1.807) is 6.20 Å². The summed E-state index contributed by atoms with van der Waals surface area (Å²) in [6.45, 7) is 4.72. The summed E-state index contributed by atoms with van der Waals surface area (Å²) in [4.78, 5) is 29.5. The normalized spacial score (nSPS) is 41.3. The highest BCUT2D eigenvalue weighted by Crippen LogP contribution is 2.65. The fourth-order valence-corrected chi connectivity index (χ4v) is 7.07. The molecular weight excluding hydrogens is 346 g/mol. The molecule has 28 heavy (non-hydrogen) atoms. The van der Waals surface area contributed by atoms with Gasteiger partial charge in [0.25, 0.3) is 0 Å². The molecule has 1 heterocycles. The Morgan fingerprint density at radius 1 is 1.04 bits per heavy atom. The zero-order chi connectivity index (χ0) is 19.5. The number of hydrogen-bond donors (Lipinski definition) is 0. The van der Waals surface area contributed by atoms with Crippen molar-refractivity contribution < 1.29 is 9.59 Å². The number of ketones is 2. The first kappa shape index (κ1) is 18.0. The third-order valence-electron chi connectivity index (χ3n) is 8.65. The molecule has 3 fully saturated rings. The van der Waals surface area contributed by atoms with Crippen LogP contribution in [0.3, 0.4) is 0 Å². The Morgan fingerprint density at radius 2 is 1.89 bits per heavy atom. The van der Waals surface area contributed by atoms with Crippen molar-refractivity contribution in [1.29, 1.82) is 0 Å². The summed E-state index contributed by atoms with van der Waals surface area (Å²) in [5, 5.41) is 0. The molecule has 0 bridgehead atoms. The predicted molar refractivity (Wildman–Crippen MR) is 109 cm³/mol. The van der Waals surface area contributed by atoms with Crippen LogP contribution in [0.15, 0.2) is 41.6 Å². The Labute approximate surface area is 167 Å². The van der Waals surface area contributed by atoms with Crippen LogP contribution in [0.5, 0.6) is 0 Å². The first-order valence-corrected chi connectivity index (χ1v) is 10.8. The molecule has 0 saturated heterocycles. The van der Waals surface area contributed by atoms with Crippen molar-refractivity contribution in [1.82, 2.24) is 4.98 Å². The molecule has 0 aliphatic heterocycles. The molecule has 0 amide bonds. The van der Waals surface area contributed by atoms with Crippen molar-refractivity contribution in [2.45, 2.75) is 58.8 Å². The summed E-state index contributed by atoms with van der Waals surface area (Å²) in [6, 6.07) is 5.88. The van der Waals surface area contributed by atoms with Gasteiger partial charge in [0.15, 0.2) is 11.6 Å². The van der Waals surface area contributed by atoms with E-state index in [0.717, 1.165) is 43.4 Å². The Bertz CT molecular complexity index is 898. The van der Waals surface area contributed by atoms with Crippen LogP contribution >= 0.6 is 0 Å². The maximum atomic E-state index is 13.1. The summed E-state index contributed by atoms with van der Waals surface area (Å²) in [5.41, 5.74) is 3.41. The number of Topliss-reactive ketones (excluding diaryl/α,β-unsaturated/α-hetero) is 1. The van der Waals surface area contributed by atoms with Gasteiger partial charge < -0.3 is 0 Å². The molecule has 0 spiro atoms. The summed E-state index contributed by atoms with van der Waals surface area (Å²) < 4.78 is 0. The lowest BCUT2D eigenvalue weighted by atomic mass is 9.47. The van der Waals surface area contributed by atoms with Crippen molar-refractivity contribution in [3.8, 4) is 0 Å². The smallest absolute Gasteiger partial charge is 0.159 e. The molecule has 146 valence electrons. The lowest BCUT2D eigenvalue weighted by molar-refractivity contribution is -0.117. The minimum absolute atomic E-state index is 0.0299. The number of nitrogens with zero attached hydrogens (tertiary/aromatic N) is 1. The summed E-state index contributed by atoms with van der Waals surface area (Å²) in [5.74, 6) is 2.27. The van der Waals surface area contributed by atoms with Crippen LogP contribution in [0, 0.1) is 28.6 Å². The van der Waals surface area contributed by atoms with Crippen LogP contribution in [0.2, 0.25) is 0 Å². The number of hydrogen-bond acceptors (Lipinski definition) is 3. The van der Waals surface area contributed by atoms with Crippen molar-refractivity contribution in [2.75, 3.05) is 0 Å². The third-order valence-corrected chi connectivity index (χ3v) is 8.65. The molecule has 3 nitrogen and oxygen atoms in total. The number of fused-ring (bicyclic) bond motifs is 5. The van der Waals surface area contributed by atoms with Gasteiger partial charge in [-0.1, -0.05) is 25.5 Å². The monoisotopic (exact) mass is 375 g/mol. The third kappa shape index (κ3) is 2.51. The van der Waals surface area contributed by atoms with Crippen LogP contribution in [0.25, 0.3) is 6.08 Å². The zero-order valence-corrected chi connectivity index (χ0v) is 16.9. The predicted octanol–water partition coefficient (Wildman–Crippen LogP) is 5.18. The second-order valence-electron chi connectivity index (χ2n) is 9.86. The molecule has 3 heteroatoms. The van der Waals surface area contributed by atoms with E-state index in [1.807, 2.05) is 24.3 Å². The van der Waals surface area contributed by atoms with Gasteiger partial charge in [-0.3, -0.25) is 14.6 Å². The molecule has 4 aliphatic carbocycles. The minimum atomic E-state index is -0.0299. The van der Waals surface area contributed by atoms with Crippen molar-refractivity contribution >= 4 is 17.6 Å². The molecule has 0 unspecified atom stereocenters. The topological polar surface area (TPSA) is 47.0 Å². The molecule has 5 atom stereocenters. The number of carbonyl (C=O) groups excluding carboxylic acids is 2. The van der Waals surface area contributed by atoms with E-state index in [0.29, 0.717) is 42.2 Å². The van der Waals surface area contributed by atoms with E-state index >= 15 is 0 Å². The summed E-state index contributed by atoms with van der Waals surface area (Å²) in [6.07, 6.45) is 12.6. The minimum Gasteiger partial charge on any atom is -0.295 e. The molecule has 1 aromatic heterocycles. The van der Waals surface area contributed by atoms with E-state index in [4.69, 9.17) is 0 Å². The van der Waals surface area contributed by atoms with Gasteiger partial charge in [-0.25, -0.2) is 0 Å². The molecular formula is C25H29NO2. The quantitative estimate of drug-likeness (QED) is 0.636. The van der Waals surface area contributed by atoms with Crippen molar-refractivity contribution in [3.63, 3.8) is 0 Å². The van der Waals surface area contributed by atoms with Gasteiger partial charge in [0.2, 0.25) is 0 Å². The molecule has 1 aromatic rings. The highest BCUT2D eigenvalue weighted by molar-refractivity contribution is 6.03. The van der Waals surface area contributed by atoms with Crippen molar-refractivity contribution in [2.24, 2.45) is 28.6 Å². The van der Waals surface area contributed by atoms with Crippen LogP contribution in [0.1, 0.15) is 64.5 Å². The lowest BCUT2D eigenvalue weighted by Crippen LogP contribution is -2.49. The number of pyridine rings is 1. The van der Waals surface area contributed by atoms with Crippen LogP contribution in [-0.4, -0.2) is 16.6 Å². The van der Waals surface area contributed by atoms with Gasteiger partial charge in [0.1, 0.15) is 0 Å². The number of allylic oxidation sites excluding steroid dienone is 2. The van der Waals surface area contributed by atoms with Gasteiger partial charge in [-0.05, 0) is 85.0 Å². The fraction of sp³-hybridized carbons (Fsp3) is 0.560. The number of carbonyl (C=O) groups is 2. The average molecular weight is 376 g/mol. The average Bonchev–Trinajstić information content (AvgIpc) is 2.94. The lowest BCUT2D eigenvalue weighted by Gasteiger charge is -2.57. The number of rotatable bonds is 1. The second kappa shape index (κ2) is 6.23. The molecule has 0 aromatic carbocycles. The van der Waals surface area contributed by atoms with Gasteiger partial charge in [-0.2, -0.15) is 0 Å². The van der Waals surface area contributed by atoms with Crippen LogP contribution in [-0.2, 0) is 9.59 Å². The molecule has 5 rings (SSSR count). The van der Waals surface area contributed by atoms with E-state index in [2.05, 4.69) is 24.9 Å². The highest BCUT2D eigenvalue weighted by Gasteiger charge is 2.59. The van der Waals surface area contributed by atoms with Gasteiger partial charge in [0.05, 0.1) is 5.69 Å². The Hall–Kier alpha value is -2.03. The summed E-state index contributed by atoms with van der Waals surface area (Å²) >= 11 is 0. The standard InChI is InChI=1S/C25H29NO2/c1-24-10-8-18(27)13-16(24)6-7-19-20(24)9-11-25(2)21(19)15-23(28)22(25)14-17-5-3-4-12-26-17/h3-5,12-14,19-21H,6-11,15H2,1-2H3/b22-14-/t19-,20+,21+,24+,25+/m1/s1. The highest BCUT2D eigenvalue weighted by atomic mass is 16.1. The molecule has 4 aliphatic rings. The van der Waals surface area contributed by atoms with E-state index in [-0.39, 0.29) is 10.8 Å². The van der Waals surface area contributed by atoms with E-state index in [9.17, 15) is 9.59 Å². The Kier molecular flexibility index (Phi) is 4.01. The Balaban J connectivity index is 1.50. The first-order valence-electron chi connectivity index (χ1n) is 10.8. The van der Waals surface area contributed by atoms with E-state index < -0.39 is 0 Å². The number of aromatic nitrogens is 1. The summed E-state index contributed by atoms with van der Waals surface area (Å²) in [7, 11) is 0. The fourth-order valence-electron chi connectivity index (χ4n) is 7.07. The second-order valence-corrected chi connectivity index (χ2v) is 9.86. The Morgan fingerprint density at radius 3 is 2.68 bits per heavy atom. The first-order chi connectivity index (χ1) is 13.4. The molecule has 3 saturated carbocycles. The maximum Gasteiger partial charge on any atom is 0.159 e. The van der Waals surface area contributed by atoms with E-state index in [1.165, 1.54) is 5.57 Å². The van der Waals surface area contributed by atoms with Crippen molar-refractivity contribution in [3.05, 3.63) is 47.3 Å². The maximum absolute atomic E-state index is 13.1. The SMILES string of the molecule is C[C@]12CCC(=O)C=C1CC[C@@H]1[C@@H]2CC[C@]2(C)/C(=C\c3ccccn3)C(=O)C[C@@H]12. The van der Waals surface area contributed by atoms with Crippen LogP contribution in [0.4, 0.5) is 0 Å².